The highest BCUT2D eigenvalue weighted by Gasteiger charge is 2.59. The highest BCUT2D eigenvalue weighted by molar-refractivity contribution is 5.83. The monoisotopic (exact) mass is 447 g/mol. The van der Waals surface area contributed by atoms with Crippen molar-refractivity contribution in [1.29, 1.82) is 0 Å². The SMILES string of the molecule is O=C([C@H]1CC12CCN(Cc1ccc(F)cc1)CC2)N1CCN(C/C=C/c2ccccc2)CC1. The summed E-state index contributed by atoms with van der Waals surface area (Å²) in [4.78, 5) is 20.2. The lowest BCUT2D eigenvalue weighted by molar-refractivity contribution is -0.135. The van der Waals surface area contributed by atoms with Crippen LogP contribution in [-0.2, 0) is 11.3 Å². The smallest absolute Gasteiger partial charge is 0.226 e. The number of benzene rings is 2. The maximum absolute atomic E-state index is 13.2. The van der Waals surface area contributed by atoms with Gasteiger partial charge in [0.05, 0.1) is 0 Å². The van der Waals surface area contributed by atoms with Crippen LogP contribution in [0.3, 0.4) is 0 Å². The Labute approximate surface area is 196 Å². The lowest BCUT2D eigenvalue weighted by Gasteiger charge is -2.36. The van der Waals surface area contributed by atoms with Crippen molar-refractivity contribution in [1.82, 2.24) is 14.7 Å². The topological polar surface area (TPSA) is 26.8 Å². The summed E-state index contributed by atoms with van der Waals surface area (Å²) in [5, 5.41) is 0. The zero-order valence-electron chi connectivity index (χ0n) is 19.3. The van der Waals surface area contributed by atoms with E-state index in [1.165, 1.54) is 17.7 Å². The van der Waals surface area contributed by atoms with E-state index in [0.29, 0.717) is 5.91 Å². The summed E-state index contributed by atoms with van der Waals surface area (Å²) in [5.74, 6) is 0.441. The van der Waals surface area contributed by atoms with Crippen molar-refractivity contribution in [3.05, 3.63) is 77.6 Å². The molecule has 2 heterocycles. The first-order chi connectivity index (χ1) is 16.1. The molecule has 0 radical (unpaired) electrons. The van der Waals surface area contributed by atoms with Crippen LogP contribution in [0.1, 0.15) is 30.4 Å². The van der Waals surface area contributed by atoms with Gasteiger partial charge in [-0.15, -0.1) is 0 Å². The molecule has 0 N–H and O–H groups in total. The first kappa shape index (κ1) is 22.3. The van der Waals surface area contributed by atoms with Gasteiger partial charge in [-0.1, -0.05) is 54.6 Å². The molecule has 174 valence electrons. The number of rotatable bonds is 6. The summed E-state index contributed by atoms with van der Waals surface area (Å²) in [5.41, 5.74) is 2.63. The van der Waals surface area contributed by atoms with E-state index in [1.807, 2.05) is 18.2 Å². The van der Waals surface area contributed by atoms with E-state index < -0.39 is 0 Å². The molecule has 0 bridgehead atoms. The molecule has 1 spiro atoms. The molecular formula is C28H34FN3O. The summed E-state index contributed by atoms with van der Waals surface area (Å²) >= 11 is 0. The third-order valence-corrected chi connectivity index (χ3v) is 7.82. The van der Waals surface area contributed by atoms with Gasteiger partial charge < -0.3 is 4.90 Å². The molecule has 0 unspecified atom stereocenters. The van der Waals surface area contributed by atoms with Crippen LogP contribution < -0.4 is 0 Å². The van der Waals surface area contributed by atoms with Gasteiger partial charge in [-0.3, -0.25) is 14.6 Å². The molecule has 33 heavy (non-hydrogen) atoms. The van der Waals surface area contributed by atoms with Gasteiger partial charge in [-0.2, -0.15) is 0 Å². The van der Waals surface area contributed by atoms with Gasteiger partial charge in [0.1, 0.15) is 5.82 Å². The van der Waals surface area contributed by atoms with Gasteiger partial charge >= 0.3 is 0 Å². The van der Waals surface area contributed by atoms with E-state index in [1.54, 1.807) is 0 Å². The van der Waals surface area contributed by atoms with Gasteiger partial charge in [0.15, 0.2) is 0 Å². The highest BCUT2D eigenvalue weighted by atomic mass is 19.1. The first-order valence-corrected chi connectivity index (χ1v) is 12.3. The second kappa shape index (κ2) is 9.78. The Kier molecular flexibility index (Phi) is 6.61. The van der Waals surface area contributed by atoms with E-state index in [4.69, 9.17) is 0 Å². The number of piperazine rings is 1. The van der Waals surface area contributed by atoms with Crippen LogP contribution in [-0.4, -0.2) is 66.4 Å². The third-order valence-electron chi connectivity index (χ3n) is 7.82. The Hall–Kier alpha value is -2.50. The molecule has 1 aliphatic carbocycles. The average Bonchev–Trinajstić information content (AvgIpc) is 3.56. The number of halogens is 1. The van der Waals surface area contributed by atoms with Crippen LogP contribution in [0, 0.1) is 17.2 Å². The number of nitrogens with zero attached hydrogens (tertiary/aromatic N) is 3. The summed E-state index contributed by atoms with van der Waals surface area (Å²) in [6.07, 6.45) is 7.68. The van der Waals surface area contributed by atoms with Crippen molar-refractivity contribution >= 4 is 12.0 Å². The van der Waals surface area contributed by atoms with E-state index in [9.17, 15) is 9.18 Å². The van der Waals surface area contributed by atoms with Crippen molar-refractivity contribution in [2.75, 3.05) is 45.8 Å². The second-order valence-electron chi connectivity index (χ2n) is 9.96. The van der Waals surface area contributed by atoms with Gasteiger partial charge in [-0.25, -0.2) is 4.39 Å². The normalized spacial score (nSPS) is 23.3. The Morgan fingerprint density at radius 3 is 2.30 bits per heavy atom. The van der Waals surface area contributed by atoms with Crippen molar-refractivity contribution in [2.45, 2.75) is 25.8 Å². The average molecular weight is 448 g/mol. The molecule has 2 aliphatic heterocycles. The fraction of sp³-hybridized carbons (Fsp3) is 0.464. The van der Waals surface area contributed by atoms with Crippen LogP contribution in [0.5, 0.6) is 0 Å². The van der Waals surface area contributed by atoms with Crippen LogP contribution >= 0.6 is 0 Å². The third kappa shape index (κ3) is 5.36. The van der Waals surface area contributed by atoms with Crippen LogP contribution in [0.25, 0.3) is 6.08 Å². The fourth-order valence-electron chi connectivity index (χ4n) is 5.53. The van der Waals surface area contributed by atoms with E-state index >= 15 is 0 Å². The lowest BCUT2D eigenvalue weighted by atomic mass is 9.90. The summed E-state index contributed by atoms with van der Waals surface area (Å²) in [6, 6.07) is 17.2. The lowest BCUT2D eigenvalue weighted by Crippen LogP contribution is -2.49. The number of hydrogen-bond acceptors (Lipinski definition) is 3. The Morgan fingerprint density at radius 2 is 1.61 bits per heavy atom. The molecular weight excluding hydrogens is 413 g/mol. The second-order valence-corrected chi connectivity index (χ2v) is 9.96. The number of carbonyl (C=O) groups excluding carboxylic acids is 1. The summed E-state index contributed by atoms with van der Waals surface area (Å²) in [7, 11) is 0. The minimum Gasteiger partial charge on any atom is -0.340 e. The minimum atomic E-state index is -0.180. The van der Waals surface area contributed by atoms with Crippen molar-refractivity contribution in [3.63, 3.8) is 0 Å². The minimum absolute atomic E-state index is 0.180. The Balaban J connectivity index is 1.04. The number of amides is 1. The molecule has 3 fully saturated rings. The predicted molar refractivity (Wildman–Crippen MR) is 130 cm³/mol. The molecule has 0 aromatic heterocycles. The fourth-order valence-corrected chi connectivity index (χ4v) is 5.53. The largest absolute Gasteiger partial charge is 0.340 e. The van der Waals surface area contributed by atoms with Crippen LogP contribution in [0.4, 0.5) is 4.39 Å². The zero-order chi connectivity index (χ0) is 22.7. The number of carbonyl (C=O) groups is 1. The highest BCUT2D eigenvalue weighted by Crippen LogP contribution is 2.60. The van der Waals surface area contributed by atoms with E-state index in [0.717, 1.165) is 77.2 Å². The number of likely N-dealkylation sites (tertiary alicyclic amines) is 1. The van der Waals surface area contributed by atoms with Gasteiger partial charge in [-0.05, 0) is 61.0 Å². The number of hydrogen-bond donors (Lipinski definition) is 0. The molecule has 2 aromatic carbocycles. The maximum Gasteiger partial charge on any atom is 0.226 e. The van der Waals surface area contributed by atoms with Crippen LogP contribution in [0.2, 0.25) is 0 Å². The molecule has 1 atom stereocenters. The first-order valence-electron chi connectivity index (χ1n) is 12.3. The predicted octanol–water partition coefficient (Wildman–Crippen LogP) is 4.29. The molecule has 2 aromatic rings. The Bertz CT molecular complexity index is 958. The van der Waals surface area contributed by atoms with E-state index in [2.05, 4.69) is 51.1 Å². The van der Waals surface area contributed by atoms with E-state index in [-0.39, 0.29) is 17.2 Å². The Morgan fingerprint density at radius 1 is 0.909 bits per heavy atom. The molecule has 5 heteroatoms. The summed E-state index contributed by atoms with van der Waals surface area (Å²) < 4.78 is 13.1. The van der Waals surface area contributed by atoms with Gasteiger partial charge in [0.2, 0.25) is 5.91 Å². The summed E-state index contributed by atoms with van der Waals surface area (Å²) in [6.45, 7) is 7.48. The molecule has 3 aliphatic rings. The molecule has 4 nitrogen and oxygen atoms in total. The standard InChI is InChI=1S/C28H34FN3O/c29-25-10-8-24(9-11-25)22-31-15-12-28(13-16-31)21-26(28)27(33)32-19-17-30(18-20-32)14-4-7-23-5-2-1-3-6-23/h1-11,26H,12-22H2/b7-4+/t26-/m1/s1. The number of piperidine rings is 1. The molecule has 1 amide bonds. The quantitative estimate of drug-likeness (QED) is 0.661. The van der Waals surface area contributed by atoms with Gasteiger partial charge in [0.25, 0.3) is 0 Å². The molecule has 5 rings (SSSR count). The van der Waals surface area contributed by atoms with Crippen molar-refractivity contribution in [3.8, 4) is 0 Å². The molecule has 1 saturated carbocycles. The maximum atomic E-state index is 13.2. The van der Waals surface area contributed by atoms with Crippen molar-refractivity contribution in [2.24, 2.45) is 11.3 Å². The van der Waals surface area contributed by atoms with Crippen molar-refractivity contribution < 1.29 is 9.18 Å². The van der Waals surface area contributed by atoms with Gasteiger partial charge in [0, 0.05) is 45.2 Å². The zero-order valence-corrected chi connectivity index (χ0v) is 19.3. The van der Waals surface area contributed by atoms with Crippen LogP contribution in [0.15, 0.2) is 60.7 Å². The molecule has 2 saturated heterocycles.